The second-order valence-electron chi connectivity index (χ2n) is 3.15. The lowest BCUT2D eigenvalue weighted by atomic mass is 10.0. The molecule has 0 saturated carbocycles. The summed E-state index contributed by atoms with van der Waals surface area (Å²) < 4.78 is 0. The van der Waals surface area contributed by atoms with Gasteiger partial charge in [0.1, 0.15) is 0 Å². The lowest BCUT2D eigenvalue weighted by molar-refractivity contribution is -0.136. The summed E-state index contributed by atoms with van der Waals surface area (Å²) in [5, 5.41) is 8.55. The Morgan fingerprint density at radius 1 is 1.36 bits per heavy atom. The molecular weight excluding hydrogens is 180 g/mol. The Morgan fingerprint density at radius 3 is 2.36 bits per heavy atom. The number of carboxylic acid groups (broad SMARTS) is 1. The van der Waals surface area contributed by atoms with E-state index in [0.717, 1.165) is 11.1 Å². The van der Waals surface area contributed by atoms with Crippen LogP contribution in [0.5, 0.6) is 0 Å². The van der Waals surface area contributed by atoms with Gasteiger partial charge in [-0.05, 0) is 11.1 Å². The minimum absolute atomic E-state index is 0.0398. The molecule has 1 unspecified atom stereocenters. The van der Waals surface area contributed by atoms with E-state index < -0.39 is 5.97 Å². The molecule has 0 aliphatic rings. The van der Waals surface area contributed by atoms with Crippen molar-refractivity contribution in [3.05, 3.63) is 35.4 Å². The number of nitrogens with two attached hydrogens (primary N) is 2. The van der Waals surface area contributed by atoms with Crippen molar-refractivity contribution in [2.75, 3.05) is 6.54 Å². The molecule has 1 atom stereocenters. The van der Waals surface area contributed by atoms with Crippen LogP contribution in [0.25, 0.3) is 0 Å². The van der Waals surface area contributed by atoms with Crippen LogP contribution in [0.15, 0.2) is 24.3 Å². The van der Waals surface area contributed by atoms with E-state index in [9.17, 15) is 4.79 Å². The maximum Gasteiger partial charge on any atom is 0.307 e. The van der Waals surface area contributed by atoms with Gasteiger partial charge in [0.15, 0.2) is 0 Å². The number of aliphatic carboxylic acids is 1. The monoisotopic (exact) mass is 194 g/mol. The number of carboxylic acids is 1. The molecule has 0 radical (unpaired) electrons. The number of rotatable bonds is 4. The molecule has 0 fully saturated rings. The van der Waals surface area contributed by atoms with E-state index in [-0.39, 0.29) is 12.5 Å². The fourth-order valence-electron chi connectivity index (χ4n) is 1.19. The molecule has 5 N–H and O–H groups in total. The maximum absolute atomic E-state index is 10.4. The fraction of sp³-hybridized carbons (Fsp3) is 0.300. The highest BCUT2D eigenvalue weighted by Gasteiger charge is 2.04. The van der Waals surface area contributed by atoms with Crippen LogP contribution in [0.4, 0.5) is 0 Å². The minimum atomic E-state index is -0.833. The lowest BCUT2D eigenvalue weighted by Crippen LogP contribution is -2.20. The molecule has 1 aromatic carbocycles. The smallest absolute Gasteiger partial charge is 0.307 e. The van der Waals surface area contributed by atoms with Gasteiger partial charge in [0.25, 0.3) is 0 Å². The normalized spacial score (nSPS) is 12.4. The highest BCUT2D eigenvalue weighted by atomic mass is 16.4. The number of hydrogen-bond acceptors (Lipinski definition) is 3. The third-order valence-corrected chi connectivity index (χ3v) is 2.02. The molecule has 1 rings (SSSR count). The maximum atomic E-state index is 10.4. The summed E-state index contributed by atoms with van der Waals surface area (Å²) in [4.78, 5) is 10.4. The first-order valence-electron chi connectivity index (χ1n) is 4.39. The summed E-state index contributed by atoms with van der Waals surface area (Å²) in [6.45, 7) is 0.387. The van der Waals surface area contributed by atoms with Crippen molar-refractivity contribution < 1.29 is 9.90 Å². The van der Waals surface area contributed by atoms with Crippen LogP contribution in [0, 0.1) is 0 Å². The Labute approximate surface area is 82.5 Å². The van der Waals surface area contributed by atoms with Gasteiger partial charge in [-0.2, -0.15) is 0 Å². The zero-order valence-electron chi connectivity index (χ0n) is 7.81. The van der Waals surface area contributed by atoms with E-state index in [1.165, 1.54) is 0 Å². The molecule has 0 saturated heterocycles. The molecule has 0 aliphatic carbocycles. The molecule has 0 heterocycles. The molecule has 76 valence electrons. The Bertz CT molecular complexity index is 308. The van der Waals surface area contributed by atoms with E-state index in [4.69, 9.17) is 16.6 Å². The van der Waals surface area contributed by atoms with Crippen molar-refractivity contribution in [3.63, 3.8) is 0 Å². The average molecular weight is 194 g/mol. The van der Waals surface area contributed by atoms with Crippen molar-refractivity contribution >= 4 is 5.97 Å². The second kappa shape index (κ2) is 4.74. The Morgan fingerprint density at radius 2 is 1.93 bits per heavy atom. The summed E-state index contributed by atoms with van der Waals surface area (Å²) in [5.41, 5.74) is 12.8. The SMILES string of the molecule is NCC(N)c1ccc(CC(=O)O)cc1. The zero-order valence-corrected chi connectivity index (χ0v) is 7.81. The first-order chi connectivity index (χ1) is 6.63. The minimum Gasteiger partial charge on any atom is -0.481 e. The molecule has 0 amide bonds. The number of benzene rings is 1. The van der Waals surface area contributed by atoms with Crippen molar-refractivity contribution in [1.82, 2.24) is 0 Å². The van der Waals surface area contributed by atoms with Crippen LogP contribution in [0.3, 0.4) is 0 Å². The van der Waals surface area contributed by atoms with Gasteiger partial charge in [0.05, 0.1) is 6.42 Å². The van der Waals surface area contributed by atoms with Crippen LogP contribution in [0.2, 0.25) is 0 Å². The van der Waals surface area contributed by atoms with Gasteiger partial charge in [0, 0.05) is 12.6 Å². The van der Waals surface area contributed by atoms with Gasteiger partial charge in [-0.25, -0.2) is 0 Å². The standard InChI is InChI=1S/C10H14N2O2/c11-6-9(12)8-3-1-7(2-4-8)5-10(13)14/h1-4,9H,5-6,11-12H2,(H,13,14). The quantitative estimate of drug-likeness (QED) is 0.642. The van der Waals surface area contributed by atoms with Gasteiger partial charge >= 0.3 is 5.97 Å². The summed E-state index contributed by atoms with van der Waals surface area (Å²) in [7, 11) is 0. The summed E-state index contributed by atoms with van der Waals surface area (Å²) >= 11 is 0. The molecule has 4 nitrogen and oxygen atoms in total. The fourth-order valence-corrected chi connectivity index (χ4v) is 1.19. The molecule has 0 spiro atoms. The van der Waals surface area contributed by atoms with Crippen LogP contribution in [0.1, 0.15) is 17.2 Å². The highest BCUT2D eigenvalue weighted by Crippen LogP contribution is 2.10. The van der Waals surface area contributed by atoms with Crippen molar-refractivity contribution in [2.24, 2.45) is 11.5 Å². The third-order valence-electron chi connectivity index (χ3n) is 2.02. The Kier molecular flexibility index (Phi) is 3.62. The van der Waals surface area contributed by atoms with E-state index in [1.54, 1.807) is 12.1 Å². The van der Waals surface area contributed by atoms with E-state index >= 15 is 0 Å². The highest BCUT2D eigenvalue weighted by molar-refractivity contribution is 5.70. The first-order valence-corrected chi connectivity index (χ1v) is 4.39. The van der Waals surface area contributed by atoms with Crippen molar-refractivity contribution in [2.45, 2.75) is 12.5 Å². The van der Waals surface area contributed by atoms with Crippen LogP contribution < -0.4 is 11.5 Å². The Balaban J connectivity index is 2.73. The van der Waals surface area contributed by atoms with E-state index in [2.05, 4.69) is 0 Å². The van der Waals surface area contributed by atoms with E-state index in [0.29, 0.717) is 6.54 Å². The van der Waals surface area contributed by atoms with Crippen LogP contribution in [-0.4, -0.2) is 17.6 Å². The van der Waals surface area contributed by atoms with Gasteiger partial charge in [0.2, 0.25) is 0 Å². The number of hydrogen-bond donors (Lipinski definition) is 3. The third kappa shape index (κ3) is 2.83. The summed E-state index contributed by atoms with van der Waals surface area (Å²) in [6, 6.07) is 6.98. The van der Waals surface area contributed by atoms with E-state index in [1.807, 2.05) is 12.1 Å². The average Bonchev–Trinajstić information content (AvgIpc) is 2.17. The topological polar surface area (TPSA) is 89.3 Å². The van der Waals surface area contributed by atoms with Crippen molar-refractivity contribution in [3.8, 4) is 0 Å². The first kappa shape index (κ1) is 10.7. The van der Waals surface area contributed by atoms with Crippen molar-refractivity contribution in [1.29, 1.82) is 0 Å². The van der Waals surface area contributed by atoms with Crippen LogP contribution >= 0.6 is 0 Å². The number of carbonyl (C=O) groups is 1. The second-order valence-corrected chi connectivity index (χ2v) is 3.15. The molecule has 4 heteroatoms. The predicted octanol–water partition coefficient (Wildman–Crippen LogP) is 0.272. The molecular formula is C10H14N2O2. The van der Waals surface area contributed by atoms with Gasteiger partial charge < -0.3 is 16.6 Å². The predicted molar refractivity (Wildman–Crippen MR) is 53.8 cm³/mol. The molecule has 0 aromatic heterocycles. The largest absolute Gasteiger partial charge is 0.481 e. The van der Waals surface area contributed by atoms with Gasteiger partial charge in [-0.15, -0.1) is 0 Å². The zero-order chi connectivity index (χ0) is 10.6. The lowest BCUT2D eigenvalue weighted by Gasteiger charge is -2.08. The molecule has 14 heavy (non-hydrogen) atoms. The Hall–Kier alpha value is -1.39. The van der Waals surface area contributed by atoms with Crippen LogP contribution in [-0.2, 0) is 11.2 Å². The summed E-state index contributed by atoms with van der Waals surface area (Å²) in [5.74, 6) is -0.833. The molecule has 0 aliphatic heterocycles. The van der Waals surface area contributed by atoms with Gasteiger partial charge in [-0.3, -0.25) is 4.79 Å². The van der Waals surface area contributed by atoms with Gasteiger partial charge in [-0.1, -0.05) is 24.3 Å². The summed E-state index contributed by atoms with van der Waals surface area (Å²) in [6.07, 6.45) is 0.0398. The molecule has 0 bridgehead atoms. The molecule has 1 aromatic rings.